The zero-order valence-electron chi connectivity index (χ0n) is 12.1. The van der Waals surface area contributed by atoms with Crippen LogP contribution in [0, 0.1) is 6.92 Å². The van der Waals surface area contributed by atoms with Crippen molar-refractivity contribution in [1.29, 1.82) is 0 Å². The lowest BCUT2D eigenvalue weighted by Crippen LogP contribution is -2.41. The van der Waals surface area contributed by atoms with Crippen molar-refractivity contribution in [2.45, 2.75) is 32.2 Å². The van der Waals surface area contributed by atoms with Crippen LogP contribution in [0.1, 0.15) is 24.3 Å². The molecule has 6 nitrogen and oxygen atoms in total. The number of hydrogen-bond acceptors (Lipinski definition) is 5. The van der Waals surface area contributed by atoms with Gasteiger partial charge in [0.25, 0.3) is 0 Å². The number of hydrogen-bond donors (Lipinski definition) is 1. The third kappa shape index (κ3) is 2.76. The summed E-state index contributed by atoms with van der Waals surface area (Å²) in [5, 5.41) is 11.1. The van der Waals surface area contributed by atoms with Crippen molar-refractivity contribution in [3.05, 3.63) is 29.0 Å². The second kappa shape index (κ2) is 5.92. The Morgan fingerprint density at radius 1 is 1.55 bits per heavy atom. The van der Waals surface area contributed by atoms with Gasteiger partial charge in [-0.15, -0.1) is 11.3 Å². The first kappa shape index (κ1) is 14.8. The minimum atomic E-state index is -0.943. The largest absolute Gasteiger partial charge is 0.480 e. The number of carboxylic acids is 1. The predicted octanol–water partition coefficient (Wildman–Crippen LogP) is 2.33. The molecular formula is C15H16N2O4S. The van der Waals surface area contributed by atoms with E-state index in [1.165, 1.54) is 16.2 Å². The van der Waals surface area contributed by atoms with E-state index in [0.29, 0.717) is 30.3 Å². The van der Waals surface area contributed by atoms with E-state index in [-0.39, 0.29) is 12.3 Å². The summed E-state index contributed by atoms with van der Waals surface area (Å²) in [5.41, 5.74) is 0.574. The average Bonchev–Trinajstić information content (AvgIpc) is 3.18. The number of rotatable bonds is 4. The number of aryl methyl sites for hydroxylation is 1. The normalized spacial score (nSPS) is 17.9. The number of likely N-dealkylation sites (tertiary alicyclic amines) is 1. The Morgan fingerprint density at radius 2 is 2.36 bits per heavy atom. The number of aromatic nitrogens is 1. The van der Waals surface area contributed by atoms with Crippen LogP contribution in [0.15, 0.2) is 21.9 Å². The summed E-state index contributed by atoms with van der Waals surface area (Å²) in [5.74, 6) is -0.0460. The fourth-order valence-electron chi connectivity index (χ4n) is 2.66. The fourth-order valence-corrected chi connectivity index (χ4v) is 3.31. The van der Waals surface area contributed by atoms with Crippen LogP contribution in [0.4, 0.5) is 0 Å². The molecule has 0 aliphatic carbocycles. The molecule has 22 heavy (non-hydrogen) atoms. The van der Waals surface area contributed by atoms with Crippen LogP contribution < -0.4 is 0 Å². The highest BCUT2D eigenvalue weighted by Gasteiger charge is 2.34. The Labute approximate surface area is 131 Å². The maximum Gasteiger partial charge on any atom is 0.326 e. The van der Waals surface area contributed by atoms with Crippen LogP contribution in [-0.2, 0) is 16.0 Å². The van der Waals surface area contributed by atoms with Crippen molar-refractivity contribution in [3.8, 4) is 10.8 Å². The topological polar surface area (TPSA) is 83.6 Å². The quantitative estimate of drug-likeness (QED) is 0.934. The van der Waals surface area contributed by atoms with Gasteiger partial charge < -0.3 is 14.4 Å². The smallest absolute Gasteiger partial charge is 0.326 e. The maximum atomic E-state index is 12.4. The number of aliphatic carboxylic acids is 1. The van der Waals surface area contributed by atoms with E-state index < -0.39 is 12.0 Å². The number of carbonyl (C=O) groups excluding carboxylic acids is 1. The molecular weight excluding hydrogens is 304 g/mol. The van der Waals surface area contributed by atoms with E-state index in [1.54, 1.807) is 6.92 Å². The van der Waals surface area contributed by atoms with Crippen LogP contribution in [-0.4, -0.2) is 39.5 Å². The van der Waals surface area contributed by atoms with Crippen LogP contribution in [0.25, 0.3) is 10.8 Å². The Kier molecular flexibility index (Phi) is 3.98. The third-order valence-electron chi connectivity index (χ3n) is 3.80. The molecule has 0 bridgehead atoms. The predicted molar refractivity (Wildman–Crippen MR) is 80.6 cm³/mol. The van der Waals surface area contributed by atoms with Gasteiger partial charge in [-0.25, -0.2) is 9.78 Å². The van der Waals surface area contributed by atoms with Gasteiger partial charge in [-0.2, -0.15) is 0 Å². The molecule has 116 valence electrons. The van der Waals surface area contributed by atoms with Crippen LogP contribution in [0.3, 0.4) is 0 Å². The van der Waals surface area contributed by atoms with E-state index >= 15 is 0 Å². The molecule has 1 fully saturated rings. The molecule has 1 amide bonds. The van der Waals surface area contributed by atoms with Crippen molar-refractivity contribution in [3.63, 3.8) is 0 Å². The fraction of sp³-hybridized carbons (Fsp3) is 0.400. The standard InChI is InChI=1S/C15H16N2O4S/c1-9-10(16-14(21-9)12-5-3-7-22-12)8-13(18)17-6-2-4-11(17)15(19)20/h3,5,7,11H,2,4,6,8H2,1H3,(H,19,20)/t11-/m1/s1. The molecule has 3 heterocycles. The third-order valence-corrected chi connectivity index (χ3v) is 4.66. The molecule has 0 spiro atoms. The minimum absolute atomic E-state index is 0.0739. The molecule has 0 aromatic carbocycles. The summed E-state index contributed by atoms with van der Waals surface area (Å²) in [6.07, 6.45) is 1.31. The summed E-state index contributed by atoms with van der Waals surface area (Å²) in [6, 6.07) is 3.10. The number of nitrogens with zero attached hydrogens (tertiary/aromatic N) is 2. The highest BCUT2D eigenvalue weighted by Crippen LogP contribution is 2.27. The zero-order valence-corrected chi connectivity index (χ0v) is 12.9. The number of carbonyl (C=O) groups is 2. The summed E-state index contributed by atoms with van der Waals surface area (Å²) >= 11 is 1.52. The summed E-state index contributed by atoms with van der Waals surface area (Å²) in [7, 11) is 0. The number of oxazole rings is 1. The molecule has 7 heteroatoms. The van der Waals surface area contributed by atoms with Crippen LogP contribution in [0.5, 0.6) is 0 Å². The van der Waals surface area contributed by atoms with Gasteiger partial charge in [0.15, 0.2) is 0 Å². The van der Waals surface area contributed by atoms with Crippen molar-refractivity contribution in [1.82, 2.24) is 9.88 Å². The zero-order chi connectivity index (χ0) is 15.7. The lowest BCUT2D eigenvalue weighted by molar-refractivity contribution is -0.148. The minimum Gasteiger partial charge on any atom is -0.480 e. The lowest BCUT2D eigenvalue weighted by atomic mass is 10.2. The summed E-state index contributed by atoms with van der Waals surface area (Å²) in [6.45, 7) is 2.26. The van der Waals surface area contributed by atoms with Gasteiger partial charge in [0, 0.05) is 6.54 Å². The Morgan fingerprint density at radius 3 is 3.05 bits per heavy atom. The molecule has 1 saturated heterocycles. The van der Waals surface area contributed by atoms with Gasteiger partial charge in [-0.05, 0) is 31.2 Å². The Hall–Kier alpha value is -2.15. The first-order valence-corrected chi connectivity index (χ1v) is 7.96. The van der Waals surface area contributed by atoms with Crippen molar-refractivity contribution in [2.75, 3.05) is 6.54 Å². The summed E-state index contributed by atoms with van der Waals surface area (Å²) < 4.78 is 5.61. The van der Waals surface area contributed by atoms with Gasteiger partial charge in [0.2, 0.25) is 11.8 Å². The highest BCUT2D eigenvalue weighted by atomic mass is 32.1. The van der Waals surface area contributed by atoms with Crippen LogP contribution >= 0.6 is 11.3 Å². The second-order valence-corrected chi connectivity index (χ2v) is 6.21. The van der Waals surface area contributed by atoms with E-state index in [9.17, 15) is 9.59 Å². The highest BCUT2D eigenvalue weighted by molar-refractivity contribution is 7.13. The molecule has 0 unspecified atom stereocenters. The Balaban J connectivity index is 1.76. The van der Waals surface area contributed by atoms with Gasteiger partial charge in [-0.3, -0.25) is 4.79 Å². The number of carboxylic acid groups (broad SMARTS) is 1. The molecule has 0 saturated carbocycles. The molecule has 3 rings (SSSR count). The Bertz CT molecular complexity index is 692. The first-order valence-electron chi connectivity index (χ1n) is 7.08. The SMILES string of the molecule is Cc1oc(-c2cccs2)nc1CC(=O)N1CCC[C@@H]1C(=O)O. The van der Waals surface area contributed by atoms with Gasteiger partial charge >= 0.3 is 5.97 Å². The monoisotopic (exact) mass is 320 g/mol. The molecule has 1 aliphatic heterocycles. The molecule has 2 aromatic heterocycles. The van der Waals surface area contributed by atoms with E-state index in [4.69, 9.17) is 9.52 Å². The molecule has 1 N–H and O–H groups in total. The lowest BCUT2D eigenvalue weighted by Gasteiger charge is -2.20. The second-order valence-electron chi connectivity index (χ2n) is 5.26. The van der Waals surface area contributed by atoms with E-state index in [0.717, 1.165) is 11.3 Å². The van der Waals surface area contributed by atoms with Gasteiger partial charge in [0.05, 0.1) is 17.0 Å². The van der Waals surface area contributed by atoms with Gasteiger partial charge in [0.1, 0.15) is 11.8 Å². The van der Waals surface area contributed by atoms with Crippen molar-refractivity contribution in [2.24, 2.45) is 0 Å². The summed E-state index contributed by atoms with van der Waals surface area (Å²) in [4.78, 5) is 30.3. The van der Waals surface area contributed by atoms with Gasteiger partial charge in [-0.1, -0.05) is 6.07 Å². The molecule has 2 aromatic rings. The van der Waals surface area contributed by atoms with E-state index in [2.05, 4.69) is 4.98 Å². The molecule has 0 radical (unpaired) electrons. The van der Waals surface area contributed by atoms with Crippen molar-refractivity contribution < 1.29 is 19.1 Å². The van der Waals surface area contributed by atoms with E-state index in [1.807, 2.05) is 17.5 Å². The molecule has 1 atom stereocenters. The first-order chi connectivity index (χ1) is 10.6. The molecule has 1 aliphatic rings. The average molecular weight is 320 g/mol. The van der Waals surface area contributed by atoms with Crippen LogP contribution in [0.2, 0.25) is 0 Å². The number of thiophene rings is 1. The van der Waals surface area contributed by atoms with Crippen molar-refractivity contribution >= 4 is 23.2 Å². The maximum absolute atomic E-state index is 12.4. The number of amides is 1.